The number of ketones is 1. The number of rotatable bonds is 2. The Hall–Kier alpha value is -1.05. The zero-order valence-corrected chi connectivity index (χ0v) is 14.3. The minimum absolute atomic E-state index is 0.109. The molecule has 1 aliphatic rings. The number of hydrogen-bond acceptors (Lipinski definition) is 3. The first-order valence-electron chi connectivity index (χ1n) is 5.50. The first-order chi connectivity index (χ1) is 9.29. The molecule has 0 radical (unpaired) electrons. The van der Waals surface area contributed by atoms with Gasteiger partial charge in [-0.25, -0.2) is 0 Å². The van der Waals surface area contributed by atoms with Crippen LogP contribution in [0, 0.1) is 6.92 Å². The second-order valence-corrected chi connectivity index (χ2v) is 7.43. The number of benzene rings is 1. The van der Waals surface area contributed by atoms with Gasteiger partial charge in [0.1, 0.15) is 0 Å². The predicted octanol–water partition coefficient (Wildman–Crippen LogP) is 3.27. The van der Waals surface area contributed by atoms with Crippen molar-refractivity contribution in [3.05, 3.63) is 50.9 Å². The van der Waals surface area contributed by atoms with Crippen LogP contribution in [-0.4, -0.2) is 19.9 Å². The summed E-state index contributed by atoms with van der Waals surface area (Å²) in [6, 6.07) is 6.40. The molecule has 4 nitrogen and oxygen atoms in total. The molecular weight excluding hydrogens is 410 g/mol. The van der Waals surface area contributed by atoms with Crippen LogP contribution >= 0.6 is 31.9 Å². The standard InChI is InChI=1S/C13H9Br2NO3S/c1-8-2-4-9(5-3-8)20(18,19)16-12-6-11(15)13(17)7-10(12)14/h2-7H,1H3/b16-12+. The minimum Gasteiger partial charge on any atom is -0.289 e. The lowest BCUT2D eigenvalue weighted by atomic mass is 10.2. The first-order valence-corrected chi connectivity index (χ1v) is 8.53. The molecule has 0 aliphatic heterocycles. The van der Waals surface area contributed by atoms with Crippen LogP contribution in [0.2, 0.25) is 0 Å². The van der Waals surface area contributed by atoms with Crippen LogP contribution in [0.1, 0.15) is 5.56 Å². The Morgan fingerprint density at radius 2 is 1.60 bits per heavy atom. The average molecular weight is 419 g/mol. The zero-order chi connectivity index (χ0) is 14.9. The van der Waals surface area contributed by atoms with Gasteiger partial charge in [-0.3, -0.25) is 4.79 Å². The van der Waals surface area contributed by atoms with E-state index < -0.39 is 10.0 Å². The van der Waals surface area contributed by atoms with Gasteiger partial charge in [0, 0.05) is 10.6 Å². The van der Waals surface area contributed by atoms with Crippen LogP contribution in [0.15, 0.2) is 54.7 Å². The van der Waals surface area contributed by atoms with Crippen molar-refractivity contribution < 1.29 is 13.2 Å². The Bertz CT molecular complexity index is 759. The van der Waals surface area contributed by atoms with Crippen molar-refractivity contribution in [2.45, 2.75) is 11.8 Å². The summed E-state index contributed by atoms with van der Waals surface area (Å²) in [5.74, 6) is -0.247. The van der Waals surface area contributed by atoms with Gasteiger partial charge >= 0.3 is 0 Å². The number of halogens is 2. The molecule has 0 heterocycles. The fourth-order valence-electron chi connectivity index (χ4n) is 1.48. The number of aryl methyl sites for hydroxylation is 1. The Kier molecular flexibility index (Phi) is 4.41. The van der Waals surface area contributed by atoms with Gasteiger partial charge in [0.15, 0.2) is 5.78 Å². The summed E-state index contributed by atoms with van der Waals surface area (Å²) in [6.45, 7) is 1.87. The summed E-state index contributed by atoms with van der Waals surface area (Å²) in [4.78, 5) is 11.5. The summed E-state index contributed by atoms with van der Waals surface area (Å²) in [7, 11) is -3.81. The fourth-order valence-corrected chi connectivity index (χ4v) is 3.34. The number of allylic oxidation sites excluding steroid dienone is 4. The molecule has 20 heavy (non-hydrogen) atoms. The quantitative estimate of drug-likeness (QED) is 0.692. The molecule has 0 amide bonds. The van der Waals surface area contributed by atoms with E-state index in [1.807, 2.05) is 6.92 Å². The summed E-state index contributed by atoms with van der Waals surface area (Å²) in [5, 5.41) is 0. The Morgan fingerprint density at radius 1 is 1.00 bits per heavy atom. The highest BCUT2D eigenvalue weighted by atomic mass is 79.9. The molecule has 0 unspecified atom stereocenters. The number of nitrogens with zero attached hydrogens (tertiary/aromatic N) is 1. The number of sulfonamides is 1. The molecular formula is C13H9Br2NO3S. The van der Waals surface area contributed by atoms with E-state index >= 15 is 0 Å². The Balaban J connectivity index is 2.46. The molecule has 0 saturated carbocycles. The SMILES string of the molecule is Cc1ccc(S(=O)(=O)/N=C2\C=C(Br)C(=O)C=C2Br)cc1. The van der Waals surface area contributed by atoms with Crippen molar-refractivity contribution in [2.24, 2.45) is 4.40 Å². The zero-order valence-electron chi connectivity index (χ0n) is 10.3. The molecule has 1 aliphatic carbocycles. The van der Waals surface area contributed by atoms with Gasteiger partial charge < -0.3 is 0 Å². The third-order valence-electron chi connectivity index (χ3n) is 2.54. The summed E-state index contributed by atoms with van der Waals surface area (Å²) in [5.41, 5.74) is 1.14. The van der Waals surface area contributed by atoms with E-state index in [4.69, 9.17) is 0 Å². The first kappa shape index (κ1) is 15.3. The highest BCUT2D eigenvalue weighted by molar-refractivity contribution is 9.12. The smallest absolute Gasteiger partial charge is 0.282 e. The average Bonchev–Trinajstić information content (AvgIpc) is 2.36. The molecule has 7 heteroatoms. The molecule has 1 aromatic carbocycles. The van der Waals surface area contributed by atoms with E-state index in [0.29, 0.717) is 4.48 Å². The molecule has 0 aromatic heterocycles. The van der Waals surface area contributed by atoms with Crippen LogP contribution < -0.4 is 0 Å². The van der Waals surface area contributed by atoms with Crippen LogP contribution in [-0.2, 0) is 14.8 Å². The van der Waals surface area contributed by atoms with Crippen molar-refractivity contribution in [1.82, 2.24) is 0 Å². The lowest BCUT2D eigenvalue weighted by Gasteiger charge is -2.07. The summed E-state index contributed by atoms with van der Waals surface area (Å²) < 4.78 is 28.7. The second kappa shape index (κ2) is 5.75. The van der Waals surface area contributed by atoms with E-state index in [1.165, 1.54) is 24.3 Å². The van der Waals surface area contributed by atoms with Gasteiger partial charge in [0.2, 0.25) is 0 Å². The van der Waals surface area contributed by atoms with Crippen molar-refractivity contribution in [1.29, 1.82) is 0 Å². The third-order valence-corrected chi connectivity index (χ3v) is 5.10. The van der Waals surface area contributed by atoms with Crippen LogP contribution in [0.3, 0.4) is 0 Å². The van der Waals surface area contributed by atoms with Gasteiger partial charge in [-0.1, -0.05) is 17.7 Å². The van der Waals surface area contributed by atoms with Crippen molar-refractivity contribution in [3.8, 4) is 0 Å². The number of hydrogen-bond donors (Lipinski definition) is 0. The lowest BCUT2D eigenvalue weighted by molar-refractivity contribution is -0.110. The third kappa shape index (κ3) is 3.34. The van der Waals surface area contributed by atoms with Gasteiger partial charge in [0.05, 0.1) is 15.1 Å². The van der Waals surface area contributed by atoms with Crippen molar-refractivity contribution >= 4 is 53.4 Å². The van der Waals surface area contributed by atoms with E-state index in [2.05, 4.69) is 36.3 Å². The molecule has 2 rings (SSSR count). The maximum absolute atomic E-state index is 12.2. The van der Waals surface area contributed by atoms with Crippen LogP contribution in [0.25, 0.3) is 0 Å². The van der Waals surface area contributed by atoms with E-state index in [0.717, 1.165) is 5.56 Å². The maximum atomic E-state index is 12.2. The topological polar surface area (TPSA) is 63.6 Å². The Morgan fingerprint density at radius 3 is 2.20 bits per heavy atom. The fraction of sp³-hybridized carbons (Fsp3) is 0.0769. The maximum Gasteiger partial charge on any atom is 0.282 e. The Labute approximate surface area is 133 Å². The number of carbonyl (C=O) groups is 1. The number of carbonyl (C=O) groups excluding carboxylic acids is 1. The van der Waals surface area contributed by atoms with Gasteiger partial charge in [0.25, 0.3) is 10.0 Å². The molecule has 0 spiro atoms. The molecule has 0 saturated heterocycles. The molecule has 1 aromatic rings. The van der Waals surface area contributed by atoms with Crippen molar-refractivity contribution in [2.75, 3.05) is 0 Å². The second-order valence-electron chi connectivity index (χ2n) is 4.11. The van der Waals surface area contributed by atoms with Crippen molar-refractivity contribution in [3.63, 3.8) is 0 Å². The van der Waals surface area contributed by atoms with Gasteiger partial charge in [-0.2, -0.15) is 12.8 Å². The predicted molar refractivity (Wildman–Crippen MR) is 84.8 cm³/mol. The van der Waals surface area contributed by atoms with E-state index in [-0.39, 0.29) is 20.9 Å². The van der Waals surface area contributed by atoms with Crippen LogP contribution in [0.4, 0.5) is 0 Å². The monoisotopic (exact) mass is 417 g/mol. The minimum atomic E-state index is -3.81. The highest BCUT2D eigenvalue weighted by Crippen LogP contribution is 2.23. The molecule has 104 valence electrons. The van der Waals surface area contributed by atoms with E-state index in [1.54, 1.807) is 12.1 Å². The molecule has 0 N–H and O–H groups in total. The highest BCUT2D eigenvalue weighted by Gasteiger charge is 2.19. The van der Waals surface area contributed by atoms with Crippen LogP contribution in [0.5, 0.6) is 0 Å². The summed E-state index contributed by atoms with van der Waals surface area (Å²) >= 11 is 6.20. The lowest BCUT2D eigenvalue weighted by Crippen LogP contribution is -2.10. The molecule has 0 fully saturated rings. The van der Waals surface area contributed by atoms with Gasteiger partial charge in [-0.05, 0) is 57.0 Å². The normalized spacial score (nSPS) is 17.9. The molecule has 0 bridgehead atoms. The largest absolute Gasteiger partial charge is 0.289 e. The van der Waals surface area contributed by atoms with E-state index in [9.17, 15) is 13.2 Å². The van der Waals surface area contributed by atoms with Gasteiger partial charge in [-0.15, -0.1) is 0 Å². The summed E-state index contributed by atoms with van der Waals surface area (Å²) in [6.07, 6.45) is 2.64. The molecule has 0 atom stereocenters.